The maximum absolute atomic E-state index is 12.1. The van der Waals surface area contributed by atoms with Crippen molar-refractivity contribution in [3.8, 4) is 11.5 Å². The minimum Gasteiger partial charge on any atom is -0.493 e. The highest BCUT2D eigenvalue weighted by atomic mass is 16.5. The number of hydrogen-bond acceptors (Lipinski definition) is 8. The zero-order chi connectivity index (χ0) is 33.5. The molecule has 258 valence electrons. The largest absolute Gasteiger partial charge is 0.493 e. The number of ketones is 1. The highest BCUT2D eigenvalue weighted by molar-refractivity contribution is 5.84. The number of aliphatic carboxylic acids is 1. The monoisotopic (exact) mass is 645 g/mol. The number of unbranched alkanes of at least 4 members (excludes halogenated alkanes) is 3. The van der Waals surface area contributed by atoms with Crippen molar-refractivity contribution < 1.29 is 44.3 Å². The maximum Gasteiger partial charge on any atom is 0.303 e. The Bertz CT molecular complexity index is 1130. The van der Waals surface area contributed by atoms with Crippen molar-refractivity contribution in [1.82, 2.24) is 5.32 Å². The number of carbonyl (C=O) groups is 3. The van der Waals surface area contributed by atoms with Crippen LogP contribution in [0.4, 0.5) is 0 Å². The van der Waals surface area contributed by atoms with Crippen LogP contribution < -0.4 is 14.8 Å². The van der Waals surface area contributed by atoms with E-state index < -0.39 is 18.2 Å². The van der Waals surface area contributed by atoms with Crippen molar-refractivity contribution in [2.75, 3.05) is 13.7 Å². The van der Waals surface area contributed by atoms with Crippen LogP contribution in [0.3, 0.4) is 0 Å². The quantitative estimate of drug-likeness (QED) is 0.115. The predicted molar refractivity (Wildman–Crippen MR) is 175 cm³/mol. The number of methoxy groups -OCH3 is 1. The highest BCUT2D eigenvalue weighted by Gasteiger charge is 2.39. The number of carboxylic acids is 1. The van der Waals surface area contributed by atoms with E-state index in [-0.39, 0.29) is 48.4 Å². The highest BCUT2D eigenvalue weighted by Crippen LogP contribution is 2.36. The summed E-state index contributed by atoms with van der Waals surface area (Å²) in [5, 5.41) is 40.9. The van der Waals surface area contributed by atoms with Crippen molar-refractivity contribution in [3.63, 3.8) is 0 Å². The molecule has 0 spiro atoms. The molecule has 46 heavy (non-hydrogen) atoms. The van der Waals surface area contributed by atoms with E-state index in [0.717, 1.165) is 55.6 Å². The Hall–Kier alpha value is -2.95. The van der Waals surface area contributed by atoms with Gasteiger partial charge in [0.25, 0.3) is 0 Å². The second kappa shape index (κ2) is 19.7. The number of hydrogen-bond donors (Lipinski definition) is 5. The average Bonchev–Trinajstić information content (AvgIpc) is 3.75. The van der Waals surface area contributed by atoms with Crippen LogP contribution in [0.25, 0.3) is 0 Å². The fraction of sp³-hybridized carbons (Fsp3) is 0.694. The summed E-state index contributed by atoms with van der Waals surface area (Å²) in [7, 11) is 1.66. The van der Waals surface area contributed by atoms with Gasteiger partial charge in [-0.15, -0.1) is 0 Å². The number of aliphatic hydroxyl groups excluding tert-OH is 3. The van der Waals surface area contributed by atoms with Crippen LogP contribution in [0.5, 0.6) is 11.5 Å². The van der Waals surface area contributed by atoms with Crippen LogP contribution in [-0.4, -0.2) is 76.2 Å². The Morgan fingerprint density at radius 1 is 1.02 bits per heavy atom. The summed E-state index contributed by atoms with van der Waals surface area (Å²) in [6.07, 6.45) is 13.5. The van der Waals surface area contributed by atoms with Gasteiger partial charge in [-0.3, -0.25) is 14.4 Å². The molecule has 2 unspecified atom stereocenters. The van der Waals surface area contributed by atoms with Crippen molar-refractivity contribution in [2.24, 2.45) is 11.8 Å². The molecule has 3 fully saturated rings. The van der Waals surface area contributed by atoms with Gasteiger partial charge in [-0.1, -0.05) is 37.5 Å². The molecule has 4 rings (SSSR count). The van der Waals surface area contributed by atoms with E-state index in [4.69, 9.17) is 14.6 Å². The topological polar surface area (TPSA) is 163 Å². The van der Waals surface area contributed by atoms with Gasteiger partial charge in [0, 0.05) is 43.6 Å². The molecular weight excluding hydrogens is 590 g/mol. The van der Waals surface area contributed by atoms with Gasteiger partial charge in [0.1, 0.15) is 5.78 Å². The molecule has 1 aromatic carbocycles. The molecule has 10 heteroatoms. The Morgan fingerprint density at radius 2 is 1.76 bits per heavy atom. The fourth-order valence-electron chi connectivity index (χ4n) is 6.63. The number of Topliss-reactive ketones (excluding diaryl/α,β-unsaturated/α-hetero) is 1. The molecule has 10 nitrogen and oxygen atoms in total. The lowest BCUT2D eigenvalue weighted by Crippen LogP contribution is -2.19. The van der Waals surface area contributed by atoms with Gasteiger partial charge in [0.2, 0.25) is 5.91 Å². The summed E-state index contributed by atoms with van der Waals surface area (Å²) >= 11 is 0. The number of aliphatic hydroxyl groups is 3. The number of rotatable bonds is 17. The number of benzene rings is 1. The number of carbonyl (C=O) groups excluding carboxylic acids is 2. The molecule has 2 aliphatic carbocycles. The molecule has 6 atom stereocenters. The van der Waals surface area contributed by atoms with Crippen molar-refractivity contribution in [2.45, 2.75) is 134 Å². The molecule has 1 aromatic rings. The lowest BCUT2D eigenvalue weighted by atomic mass is 9.88. The van der Waals surface area contributed by atoms with Gasteiger partial charge in [-0.25, -0.2) is 0 Å². The summed E-state index contributed by atoms with van der Waals surface area (Å²) < 4.78 is 11.5. The van der Waals surface area contributed by atoms with Crippen LogP contribution in [-0.2, 0) is 14.4 Å². The van der Waals surface area contributed by atoms with E-state index >= 15 is 0 Å². The Kier molecular flexibility index (Phi) is 16.0. The van der Waals surface area contributed by atoms with Gasteiger partial charge in [0.15, 0.2) is 11.5 Å². The first kappa shape index (κ1) is 37.5. The fourth-order valence-corrected chi connectivity index (χ4v) is 6.63. The molecule has 5 N–H and O–H groups in total. The summed E-state index contributed by atoms with van der Waals surface area (Å²) in [6, 6.07) is 6.02. The number of carboxylic acid groups (broad SMARTS) is 1. The van der Waals surface area contributed by atoms with Crippen molar-refractivity contribution in [3.05, 3.63) is 35.9 Å². The first-order valence-electron chi connectivity index (χ1n) is 17.2. The van der Waals surface area contributed by atoms with E-state index in [2.05, 4.69) is 5.32 Å². The minimum absolute atomic E-state index is 0.0706. The lowest BCUT2D eigenvalue weighted by Gasteiger charge is -2.18. The van der Waals surface area contributed by atoms with Crippen LogP contribution in [0.15, 0.2) is 30.4 Å². The predicted octanol–water partition coefficient (Wildman–Crippen LogP) is 5.07. The molecule has 2 saturated carbocycles. The van der Waals surface area contributed by atoms with Gasteiger partial charge >= 0.3 is 5.97 Å². The second-order valence-corrected chi connectivity index (χ2v) is 13.1. The Balaban J connectivity index is 0.000000258. The third-order valence-electron chi connectivity index (χ3n) is 9.30. The average molecular weight is 646 g/mol. The minimum atomic E-state index is -0.781. The normalized spacial score (nSPS) is 24.5. The standard InChI is InChI=1S/C20H34O6.C16H21NO3/c1-14(21)7-6-8-15(22)11-12-17-16(18(23)13-19(17)24)9-4-2-3-5-10-20(25)26;1-19-14-7-6-11(12-9-16(18)17-10-12)8-15(14)20-13-4-2-3-5-13/h11-12,14-17,19,21-22,24H,2-10,13H2,1H3,(H,25,26);6-8,12-13H,2-5,9-10H2,1H3,(H,17,18)/b12-11+;/t14?,15-,16+,17+,19+;/m0./s1. The van der Waals surface area contributed by atoms with Crippen molar-refractivity contribution >= 4 is 17.7 Å². The number of amides is 1. The molecular formula is C36H55NO9. The first-order chi connectivity index (χ1) is 22.1. The molecule has 3 aliphatic rings. The SMILES string of the molecule is CC(O)CCC[C@H](O)/C=C/[C@H]1[C@H](O)CC(=O)[C@@H]1CCCCCCC(=O)O.COc1ccc(C2CNC(=O)C2)cc1OC1CCCC1. The molecule has 1 heterocycles. The summed E-state index contributed by atoms with van der Waals surface area (Å²) in [4.78, 5) is 34.0. The zero-order valence-electron chi connectivity index (χ0n) is 27.6. The lowest BCUT2D eigenvalue weighted by molar-refractivity contribution is -0.137. The molecule has 0 aromatic heterocycles. The Morgan fingerprint density at radius 3 is 2.41 bits per heavy atom. The molecule has 1 amide bonds. The molecule has 1 saturated heterocycles. The van der Waals surface area contributed by atoms with E-state index in [1.165, 1.54) is 12.8 Å². The van der Waals surface area contributed by atoms with E-state index in [1.54, 1.807) is 26.2 Å². The Labute approximate surface area is 273 Å². The van der Waals surface area contributed by atoms with Gasteiger partial charge in [-0.05, 0) is 82.4 Å². The van der Waals surface area contributed by atoms with Crippen LogP contribution >= 0.6 is 0 Å². The van der Waals surface area contributed by atoms with Gasteiger partial charge < -0.3 is 35.2 Å². The van der Waals surface area contributed by atoms with E-state index in [9.17, 15) is 29.7 Å². The van der Waals surface area contributed by atoms with E-state index in [1.807, 2.05) is 18.2 Å². The first-order valence-corrected chi connectivity index (χ1v) is 17.2. The van der Waals surface area contributed by atoms with E-state index in [0.29, 0.717) is 44.8 Å². The third-order valence-corrected chi connectivity index (χ3v) is 9.30. The number of nitrogens with one attached hydrogen (secondary N) is 1. The van der Waals surface area contributed by atoms with Crippen LogP contribution in [0.1, 0.15) is 115 Å². The summed E-state index contributed by atoms with van der Waals surface area (Å²) in [5.74, 6) is 0.786. The summed E-state index contributed by atoms with van der Waals surface area (Å²) in [6.45, 7) is 2.43. The van der Waals surface area contributed by atoms with Crippen molar-refractivity contribution in [1.29, 1.82) is 0 Å². The third kappa shape index (κ3) is 12.7. The molecule has 0 bridgehead atoms. The van der Waals surface area contributed by atoms with Gasteiger partial charge in [-0.2, -0.15) is 0 Å². The maximum atomic E-state index is 12.1. The molecule has 0 radical (unpaired) electrons. The zero-order valence-corrected chi connectivity index (χ0v) is 27.6. The summed E-state index contributed by atoms with van der Waals surface area (Å²) in [5.41, 5.74) is 1.15. The smallest absolute Gasteiger partial charge is 0.303 e. The number of ether oxygens (including phenoxy) is 2. The van der Waals surface area contributed by atoms with Crippen LogP contribution in [0.2, 0.25) is 0 Å². The molecule has 1 aliphatic heterocycles. The van der Waals surface area contributed by atoms with Gasteiger partial charge in [0.05, 0.1) is 31.5 Å². The van der Waals surface area contributed by atoms with Crippen LogP contribution in [0, 0.1) is 11.8 Å². The second-order valence-electron chi connectivity index (χ2n) is 13.1.